The van der Waals surface area contributed by atoms with Crippen LogP contribution in [0, 0.1) is 16.7 Å². The van der Waals surface area contributed by atoms with E-state index in [-0.39, 0.29) is 31.5 Å². The van der Waals surface area contributed by atoms with E-state index in [1.807, 2.05) is 6.92 Å². The van der Waals surface area contributed by atoms with Crippen molar-refractivity contribution in [3.05, 3.63) is 0 Å². The second kappa shape index (κ2) is 4.79. The van der Waals surface area contributed by atoms with Gasteiger partial charge in [0.25, 0.3) is 0 Å². The molecule has 2 fully saturated rings. The summed E-state index contributed by atoms with van der Waals surface area (Å²) < 4.78 is 0. The van der Waals surface area contributed by atoms with E-state index in [0.717, 1.165) is 0 Å². The monoisotopic (exact) mass is 263 g/mol. The molecule has 5 nitrogen and oxygen atoms in total. The molecule has 1 spiro atoms. The lowest BCUT2D eigenvalue weighted by Gasteiger charge is -2.42. The Kier molecular flexibility index (Phi) is 3.47. The van der Waals surface area contributed by atoms with E-state index in [4.69, 9.17) is 5.41 Å². The van der Waals surface area contributed by atoms with Crippen LogP contribution in [0.5, 0.6) is 0 Å². The van der Waals surface area contributed by atoms with Gasteiger partial charge in [-0.25, -0.2) is 0 Å². The van der Waals surface area contributed by atoms with Crippen molar-refractivity contribution in [1.82, 2.24) is 0 Å². The maximum atomic E-state index is 12.3. The Morgan fingerprint density at radius 1 is 1.05 bits per heavy atom. The molecule has 0 saturated heterocycles. The normalized spacial score (nSPS) is 32.3. The van der Waals surface area contributed by atoms with Gasteiger partial charge in [0.15, 0.2) is 17.3 Å². The fourth-order valence-electron chi connectivity index (χ4n) is 3.28. The Bertz CT molecular complexity index is 478. The predicted molar refractivity (Wildman–Crippen MR) is 67.1 cm³/mol. The molecule has 2 atom stereocenters. The molecule has 0 bridgehead atoms. The van der Waals surface area contributed by atoms with Crippen molar-refractivity contribution >= 4 is 28.8 Å². The molecule has 2 aliphatic carbocycles. The van der Waals surface area contributed by atoms with Crippen molar-refractivity contribution in [3.8, 4) is 0 Å². The van der Waals surface area contributed by atoms with Gasteiger partial charge in [-0.05, 0) is 6.42 Å². The van der Waals surface area contributed by atoms with E-state index in [1.165, 1.54) is 0 Å². The first-order valence-electron chi connectivity index (χ1n) is 6.67. The van der Waals surface area contributed by atoms with E-state index in [0.29, 0.717) is 12.8 Å². The number of carbonyl (C=O) groups is 4. The van der Waals surface area contributed by atoms with Crippen LogP contribution in [-0.4, -0.2) is 28.8 Å². The lowest BCUT2D eigenvalue weighted by molar-refractivity contribution is -0.151. The molecule has 0 aromatic carbocycles. The van der Waals surface area contributed by atoms with Crippen LogP contribution in [0.1, 0.15) is 45.4 Å². The smallest absolute Gasteiger partial charge is 0.178 e. The maximum Gasteiger partial charge on any atom is 0.178 e. The van der Waals surface area contributed by atoms with E-state index in [9.17, 15) is 19.2 Å². The summed E-state index contributed by atoms with van der Waals surface area (Å²) in [5, 5.41) is 7.95. The Hall–Kier alpha value is -1.65. The lowest BCUT2D eigenvalue weighted by Crippen LogP contribution is -2.60. The van der Waals surface area contributed by atoms with Crippen LogP contribution >= 0.6 is 0 Å². The molecular formula is C14H17NO4. The molecule has 2 aliphatic rings. The third-order valence-corrected chi connectivity index (χ3v) is 4.22. The van der Waals surface area contributed by atoms with Crippen LogP contribution in [0.15, 0.2) is 0 Å². The summed E-state index contributed by atoms with van der Waals surface area (Å²) in [5.41, 5.74) is -2.19. The van der Waals surface area contributed by atoms with Crippen LogP contribution in [0.25, 0.3) is 0 Å². The van der Waals surface area contributed by atoms with Crippen molar-refractivity contribution in [2.75, 3.05) is 0 Å². The number of rotatable bonds is 2. The number of carbonyl (C=O) groups excluding carboxylic acids is 4. The highest BCUT2D eigenvalue weighted by Crippen LogP contribution is 2.44. The van der Waals surface area contributed by atoms with Gasteiger partial charge in [0, 0.05) is 31.6 Å². The van der Waals surface area contributed by atoms with Crippen LogP contribution in [0.2, 0.25) is 0 Å². The molecule has 2 saturated carbocycles. The topological polar surface area (TPSA) is 92.1 Å². The SMILES string of the molecule is CCCC1C(=O)CCC(=O)C12C(=N)C(=O)CCC2=O. The molecule has 0 radical (unpaired) electrons. The minimum atomic E-state index is -1.75. The Balaban J connectivity index is 2.58. The summed E-state index contributed by atoms with van der Waals surface area (Å²) in [6.07, 6.45) is 1.08. The van der Waals surface area contributed by atoms with Crippen molar-refractivity contribution in [1.29, 1.82) is 5.41 Å². The van der Waals surface area contributed by atoms with Crippen LogP contribution in [-0.2, 0) is 19.2 Å². The summed E-state index contributed by atoms with van der Waals surface area (Å²) in [4.78, 5) is 48.5. The third kappa shape index (κ3) is 1.79. The van der Waals surface area contributed by atoms with Gasteiger partial charge < -0.3 is 5.41 Å². The standard InChI is InChI=1S/C14H17NO4/c1-2-3-8-9(16)4-6-11(18)14(8)12(19)7-5-10(17)13(14)15/h8,15H,2-7H2,1H3. The fourth-order valence-corrected chi connectivity index (χ4v) is 3.28. The number of nitrogens with one attached hydrogen (secondary N) is 1. The highest BCUT2D eigenvalue weighted by molar-refractivity contribution is 6.52. The van der Waals surface area contributed by atoms with Crippen molar-refractivity contribution < 1.29 is 19.2 Å². The molecule has 102 valence electrons. The van der Waals surface area contributed by atoms with Crippen molar-refractivity contribution in [2.45, 2.75) is 45.4 Å². The van der Waals surface area contributed by atoms with E-state index in [2.05, 4.69) is 0 Å². The second-order valence-corrected chi connectivity index (χ2v) is 5.26. The Morgan fingerprint density at radius 3 is 2.21 bits per heavy atom. The molecule has 19 heavy (non-hydrogen) atoms. The van der Waals surface area contributed by atoms with Crippen molar-refractivity contribution in [2.24, 2.45) is 11.3 Å². The van der Waals surface area contributed by atoms with Crippen molar-refractivity contribution in [3.63, 3.8) is 0 Å². The highest BCUT2D eigenvalue weighted by atomic mass is 16.2. The number of ketones is 4. The summed E-state index contributed by atoms with van der Waals surface area (Å²) in [6.45, 7) is 1.86. The first kappa shape index (κ1) is 13.8. The minimum Gasteiger partial charge on any atom is -0.300 e. The second-order valence-electron chi connectivity index (χ2n) is 5.26. The zero-order valence-electron chi connectivity index (χ0n) is 11.0. The number of hydrogen-bond acceptors (Lipinski definition) is 5. The molecule has 0 aromatic heterocycles. The van der Waals surface area contributed by atoms with Crippen LogP contribution in [0.3, 0.4) is 0 Å². The van der Waals surface area contributed by atoms with E-state index in [1.54, 1.807) is 0 Å². The lowest BCUT2D eigenvalue weighted by atomic mass is 9.55. The fraction of sp³-hybridized carbons (Fsp3) is 0.643. The Morgan fingerprint density at radius 2 is 1.63 bits per heavy atom. The van der Waals surface area contributed by atoms with Gasteiger partial charge in [0.2, 0.25) is 0 Å². The molecule has 1 N–H and O–H groups in total. The molecular weight excluding hydrogens is 246 g/mol. The molecule has 0 aromatic rings. The highest BCUT2D eigenvalue weighted by Gasteiger charge is 2.61. The number of hydrogen-bond donors (Lipinski definition) is 1. The molecule has 0 heterocycles. The zero-order valence-corrected chi connectivity index (χ0v) is 11.0. The quantitative estimate of drug-likeness (QED) is 0.759. The van der Waals surface area contributed by atoms with E-state index >= 15 is 0 Å². The number of Topliss-reactive ketones (excluding diaryl/α,β-unsaturated/α-hetero) is 4. The van der Waals surface area contributed by atoms with Gasteiger partial charge in [-0.2, -0.15) is 0 Å². The summed E-state index contributed by atoms with van der Waals surface area (Å²) in [6, 6.07) is 0. The van der Waals surface area contributed by atoms with E-state index < -0.39 is 34.4 Å². The van der Waals surface area contributed by atoms with Gasteiger partial charge in [0.1, 0.15) is 11.2 Å². The molecule has 5 heteroatoms. The zero-order chi connectivity index (χ0) is 14.2. The molecule has 0 amide bonds. The maximum absolute atomic E-state index is 12.3. The predicted octanol–water partition coefficient (Wildman–Crippen LogP) is 1.27. The van der Waals surface area contributed by atoms with Gasteiger partial charge in [0.05, 0.1) is 5.71 Å². The molecule has 0 aliphatic heterocycles. The summed E-state index contributed by atoms with van der Waals surface area (Å²) in [5.74, 6) is -2.25. The average molecular weight is 263 g/mol. The first-order valence-corrected chi connectivity index (χ1v) is 6.67. The molecule has 2 unspecified atom stereocenters. The summed E-state index contributed by atoms with van der Waals surface area (Å²) >= 11 is 0. The first-order chi connectivity index (χ1) is 8.96. The molecule has 2 rings (SSSR count). The summed E-state index contributed by atoms with van der Waals surface area (Å²) in [7, 11) is 0. The van der Waals surface area contributed by atoms with Gasteiger partial charge in [-0.3, -0.25) is 19.2 Å². The van der Waals surface area contributed by atoms with Crippen LogP contribution in [0.4, 0.5) is 0 Å². The average Bonchev–Trinajstić information content (AvgIpc) is 2.38. The Labute approximate surface area is 111 Å². The van der Waals surface area contributed by atoms with Gasteiger partial charge >= 0.3 is 0 Å². The third-order valence-electron chi connectivity index (χ3n) is 4.22. The van der Waals surface area contributed by atoms with Gasteiger partial charge in [-0.15, -0.1) is 0 Å². The van der Waals surface area contributed by atoms with Crippen LogP contribution < -0.4 is 0 Å². The largest absolute Gasteiger partial charge is 0.300 e. The minimum absolute atomic E-state index is 0.0142. The van der Waals surface area contributed by atoms with Gasteiger partial charge in [-0.1, -0.05) is 13.3 Å².